The van der Waals surface area contributed by atoms with E-state index < -0.39 is 35.7 Å². The summed E-state index contributed by atoms with van der Waals surface area (Å²) in [5, 5.41) is 0. The summed E-state index contributed by atoms with van der Waals surface area (Å²) in [4.78, 5) is 25.7. The van der Waals surface area contributed by atoms with Crippen LogP contribution in [0.15, 0.2) is 36.9 Å². The molecule has 0 N–H and O–H groups in total. The lowest BCUT2D eigenvalue weighted by Crippen LogP contribution is -2.68. The monoisotopic (exact) mass is 490 g/mol. The smallest absolute Gasteiger partial charge is 0.339 e. The quantitative estimate of drug-likeness (QED) is 0.212. The van der Waals surface area contributed by atoms with Crippen molar-refractivity contribution in [3.05, 3.63) is 42.5 Å². The number of ether oxygens (including phenoxy) is 7. The molecule has 0 bridgehead atoms. The van der Waals surface area contributed by atoms with Crippen molar-refractivity contribution in [1.82, 2.24) is 0 Å². The van der Waals surface area contributed by atoms with E-state index in [1.807, 2.05) is 32.0 Å². The molecule has 0 aromatic heterocycles. The van der Waals surface area contributed by atoms with Gasteiger partial charge < -0.3 is 33.2 Å². The first kappa shape index (κ1) is 28.3. The van der Waals surface area contributed by atoms with Gasteiger partial charge in [0.1, 0.15) is 5.75 Å². The lowest BCUT2D eigenvalue weighted by atomic mass is 10.0. The molecule has 9 heteroatoms. The van der Waals surface area contributed by atoms with E-state index in [1.54, 1.807) is 12.1 Å². The molecule has 1 saturated heterocycles. The highest BCUT2D eigenvalue weighted by Gasteiger charge is 2.60. The molecule has 4 atom stereocenters. The van der Waals surface area contributed by atoms with Gasteiger partial charge in [-0.15, -0.1) is 6.58 Å². The largest absolute Gasteiger partial charge is 0.490 e. The molecule has 0 radical (unpaired) electrons. The predicted octanol–water partition coefficient (Wildman–Crippen LogP) is 3.00. The van der Waals surface area contributed by atoms with E-state index in [0.29, 0.717) is 17.7 Å². The Morgan fingerprint density at radius 3 is 2.17 bits per heavy atom. The molecule has 1 aliphatic rings. The molecule has 0 amide bonds. The Morgan fingerprint density at radius 1 is 1.06 bits per heavy atom. The topological polar surface area (TPSA) is 98.8 Å². The Morgan fingerprint density at radius 2 is 1.63 bits per heavy atom. The average Bonchev–Trinajstić information content (AvgIpc) is 2.83. The Balaban J connectivity index is 2.17. The molecule has 2 rings (SSSR count). The Hall–Kier alpha value is -2.90. The van der Waals surface area contributed by atoms with Crippen LogP contribution < -0.4 is 4.74 Å². The zero-order valence-electron chi connectivity index (χ0n) is 21.1. The number of para-hydroxylation sites is 1. The number of carbonyl (C=O) groups excluding carboxylic acids is 2. The maximum Gasteiger partial charge on any atom is 0.339 e. The van der Waals surface area contributed by atoms with E-state index in [-0.39, 0.29) is 19.3 Å². The minimum Gasteiger partial charge on any atom is -0.490 e. The molecular formula is C26H34O9. The molecule has 0 unspecified atom stereocenters. The van der Waals surface area contributed by atoms with Gasteiger partial charge in [-0.1, -0.05) is 30.0 Å². The number of benzene rings is 1. The summed E-state index contributed by atoms with van der Waals surface area (Å²) in [7, 11) is 2.74. The molecule has 9 nitrogen and oxygen atoms in total. The van der Waals surface area contributed by atoms with Crippen LogP contribution in [0.4, 0.5) is 0 Å². The van der Waals surface area contributed by atoms with Crippen molar-refractivity contribution in [2.24, 2.45) is 0 Å². The van der Waals surface area contributed by atoms with Gasteiger partial charge in [-0.2, -0.15) is 0 Å². The third kappa shape index (κ3) is 7.05. The highest BCUT2D eigenvalue weighted by atomic mass is 16.8. The molecule has 1 aliphatic heterocycles. The highest BCUT2D eigenvalue weighted by Crippen LogP contribution is 2.39. The first-order chi connectivity index (χ1) is 16.6. The Bertz CT molecular complexity index is 948. The summed E-state index contributed by atoms with van der Waals surface area (Å²) in [6.45, 7) is 10.3. The lowest BCUT2D eigenvalue weighted by molar-refractivity contribution is -0.439. The first-order valence-electron chi connectivity index (χ1n) is 11.3. The molecule has 1 aromatic rings. The molecule has 0 spiro atoms. The summed E-state index contributed by atoms with van der Waals surface area (Å²) in [5.74, 6) is 1.63. The lowest BCUT2D eigenvalue weighted by Gasteiger charge is -2.50. The summed E-state index contributed by atoms with van der Waals surface area (Å²) in [6.07, 6.45) is -0.910. The van der Waals surface area contributed by atoms with E-state index in [1.165, 1.54) is 28.1 Å². The van der Waals surface area contributed by atoms with Crippen LogP contribution in [0.2, 0.25) is 0 Å². The van der Waals surface area contributed by atoms with Crippen LogP contribution in [-0.4, -0.2) is 69.3 Å². The van der Waals surface area contributed by atoms with Crippen molar-refractivity contribution in [2.75, 3.05) is 27.4 Å². The number of methoxy groups -OCH3 is 2. The standard InChI is InChI=1S/C26H34O9/c1-8-9-16-31-23(27)21-22(35-26(5,30-7)25(4,29-6)34-21)24(28)32-17-12-14-19-13-10-11-15-20(19)33-18(2)3/h8,10-11,13,15,18,21-22H,1,9,16-17H2,2-7H3/t21-,22-,25-,26-/m1/s1. The summed E-state index contributed by atoms with van der Waals surface area (Å²) in [6, 6.07) is 7.29. The van der Waals surface area contributed by atoms with Crippen molar-refractivity contribution in [3.8, 4) is 17.6 Å². The van der Waals surface area contributed by atoms with Crippen molar-refractivity contribution in [2.45, 2.75) is 64.0 Å². The minimum atomic E-state index is -1.53. The van der Waals surface area contributed by atoms with Gasteiger partial charge in [0.15, 0.2) is 18.8 Å². The van der Waals surface area contributed by atoms with Crippen molar-refractivity contribution < 1.29 is 42.7 Å². The fourth-order valence-corrected chi connectivity index (χ4v) is 3.20. The third-order valence-corrected chi connectivity index (χ3v) is 5.37. The van der Waals surface area contributed by atoms with Crippen LogP contribution in [0, 0.1) is 11.8 Å². The minimum absolute atomic E-state index is 0.0183. The van der Waals surface area contributed by atoms with Gasteiger partial charge in [0, 0.05) is 14.2 Å². The molecule has 1 aromatic carbocycles. The van der Waals surface area contributed by atoms with Crippen molar-refractivity contribution >= 4 is 11.9 Å². The van der Waals surface area contributed by atoms with Crippen molar-refractivity contribution in [1.29, 1.82) is 0 Å². The number of rotatable bonds is 10. The van der Waals surface area contributed by atoms with Gasteiger partial charge in [-0.05, 0) is 46.2 Å². The average molecular weight is 491 g/mol. The number of hydrogen-bond donors (Lipinski definition) is 0. The molecule has 192 valence electrons. The summed E-state index contributed by atoms with van der Waals surface area (Å²) < 4.78 is 38.8. The second-order valence-electron chi connectivity index (χ2n) is 8.19. The molecule has 35 heavy (non-hydrogen) atoms. The predicted molar refractivity (Wildman–Crippen MR) is 126 cm³/mol. The van der Waals surface area contributed by atoms with Gasteiger partial charge in [0.25, 0.3) is 0 Å². The number of carbonyl (C=O) groups is 2. The summed E-state index contributed by atoms with van der Waals surface area (Å²) in [5.41, 5.74) is 0.654. The van der Waals surface area contributed by atoms with E-state index in [2.05, 4.69) is 18.4 Å². The molecule has 0 saturated carbocycles. The SMILES string of the molecule is C=CCCOC(=O)[C@@H]1O[C@@](C)(OC)[C@](C)(OC)O[C@H]1C(=O)OCC#Cc1ccccc1OC(C)C. The zero-order chi connectivity index (χ0) is 26.1. The van der Waals surface area contributed by atoms with Crippen LogP contribution in [0.3, 0.4) is 0 Å². The molecule has 1 heterocycles. The molecule has 0 aliphatic carbocycles. The molecule has 1 fully saturated rings. The summed E-state index contributed by atoms with van der Waals surface area (Å²) >= 11 is 0. The first-order valence-corrected chi connectivity index (χ1v) is 11.3. The Kier molecular flexibility index (Phi) is 10.3. The van der Waals surface area contributed by atoms with Gasteiger partial charge in [0.2, 0.25) is 11.6 Å². The second kappa shape index (κ2) is 12.7. The van der Waals surface area contributed by atoms with Crippen LogP contribution in [-0.2, 0) is 38.0 Å². The van der Waals surface area contributed by atoms with E-state index in [9.17, 15) is 9.59 Å². The van der Waals surface area contributed by atoms with E-state index in [4.69, 9.17) is 33.2 Å². The van der Waals surface area contributed by atoms with Crippen LogP contribution in [0.5, 0.6) is 5.75 Å². The van der Waals surface area contributed by atoms with E-state index >= 15 is 0 Å². The fourth-order valence-electron chi connectivity index (χ4n) is 3.20. The maximum absolute atomic E-state index is 12.9. The van der Waals surface area contributed by atoms with E-state index in [0.717, 1.165) is 0 Å². The van der Waals surface area contributed by atoms with Gasteiger partial charge in [-0.25, -0.2) is 9.59 Å². The zero-order valence-corrected chi connectivity index (χ0v) is 21.1. The fraction of sp³-hybridized carbons (Fsp3) is 0.538. The maximum atomic E-state index is 12.9. The number of hydrogen-bond acceptors (Lipinski definition) is 9. The van der Waals surface area contributed by atoms with Crippen LogP contribution >= 0.6 is 0 Å². The molecular weight excluding hydrogens is 456 g/mol. The second-order valence-corrected chi connectivity index (χ2v) is 8.19. The van der Waals surface area contributed by atoms with Crippen LogP contribution in [0.1, 0.15) is 39.7 Å². The van der Waals surface area contributed by atoms with Crippen LogP contribution in [0.25, 0.3) is 0 Å². The third-order valence-electron chi connectivity index (χ3n) is 5.37. The van der Waals surface area contributed by atoms with Gasteiger partial charge in [-0.3, -0.25) is 0 Å². The van der Waals surface area contributed by atoms with Gasteiger partial charge in [0.05, 0.1) is 18.3 Å². The van der Waals surface area contributed by atoms with Gasteiger partial charge >= 0.3 is 11.9 Å². The highest BCUT2D eigenvalue weighted by molar-refractivity contribution is 5.86. The van der Waals surface area contributed by atoms with Crippen molar-refractivity contribution in [3.63, 3.8) is 0 Å². The normalized spacial score (nSPS) is 25.8. The Labute approximate surface area is 206 Å². The number of esters is 2.